The van der Waals surface area contributed by atoms with Crippen LogP contribution in [-0.2, 0) is 14.3 Å². The molecule has 2 aliphatic rings. The van der Waals surface area contributed by atoms with Crippen LogP contribution in [0, 0.1) is 23.2 Å². The van der Waals surface area contributed by atoms with Crippen molar-refractivity contribution in [2.24, 2.45) is 23.2 Å². The number of thioether (sulfide) groups is 1. The zero-order valence-electron chi connectivity index (χ0n) is 23.8. The topological polar surface area (TPSA) is 78.9 Å². The van der Waals surface area contributed by atoms with E-state index in [1.165, 1.54) is 0 Å². The summed E-state index contributed by atoms with van der Waals surface area (Å²) in [6, 6.07) is 0.105. The minimum Gasteiger partial charge on any atom is -0.460 e. The van der Waals surface area contributed by atoms with Gasteiger partial charge in [-0.1, -0.05) is 55.0 Å². The van der Waals surface area contributed by atoms with Gasteiger partial charge in [-0.25, -0.2) is 4.79 Å². The van der Waals surface area contributed by atoms with E-state index in [9.17, 15) is 14.7 Å². The molecule has 0 aromatic rings. The Bertz CT molecular complexity index is 723. The van der Waals surface area contributed by atoms with Crippen molar-refractivity contribution in [1.29, 1.82) is 0 Å². The first-order chi connectivity index (χ1) is 16.8. The molecule has 7 heteroatoms. The molecule has 7 atom stereocenters. The highest BCUT2D eigenvalue weighted by Crippen LogP contribution is 2.34. The summed E-state index contributed by atoms with van der Waals surface area (Å²) in [4.78, 5) is 26.1. The predicted octanol–water partition coefficient (Wildman–Crippen LogP) is 5.39. The van der Waals surface area contributed by atoms with Crippen LogP contribution in [0.4, 0.5) is 0 Å². The van der Waals surface area contributed by atoms with E-state index in [1.807, 2.05) is 11.8 Å². The number of aliphatic hydroxyl groups is 1. The Labute approximate surface area is 224 Å². The fourth-order valence-corrected chi connectivity index (χ4v) is 6.83. The summed E-state index contributed by atoms with van der Waals surface area (Å²) in [5.74, 6) is 1.67. The van der Waals surface area contributed by atoms with Gasteiger partial charge < -0.3 is 24.9 Å². The molecular weight excluding hydrogens is 472 g/mol. The van der Waals surface area contributed by atoms with Crippen LogP contribution in [-0.4, -0.2) is 64.2 Å². The number of hydrogen-bond donors (Lipinski definition) is 2. The Hall–Kier alpha value is -1.05. The highest BCUT2D eigenvalue weighted by Gasteiger charge is 2.38. The summed E-state index contributed by atoms with van der Waals surface area (Å²) < 4.78 is 6.20. The van der Waals surface area contributed by atoms with Crippen LogP contribution in [0.5, 0.6) is 0 Å². The van der Waals surface area contributed by atoms with E-state index < -0.39 is 6.10 Å². The minimum absolute atomic E-state index is 0.105. The number of ether oxygens (including phenoxy) is 1. The van der Waals surface area contributed by atoms with Gasteiger partial charge in [0.15, 0.2) is 0 Å². The van der Waals surface area contributed by atoms with Crippen molar-refractivity contribution in [3.63, 3.8) is 0 Å². The van der Waals surface area contributed by atoms with Crippen LogP contribution in [0.25, 0.3) is 0 Å². The van der Waals surface area contributed by atoms with Crippen molar-refractivity contribution < 1.29 is 19.4 Å². The first-order valence-corrected chi connectivity index (χ1v) is 15.0. The molecule has 2 saturated heterocycles. The zero-order valence-corrected chi connectivity index (χ0v) is 24.6. The maximum atomic E-state index is 13.3. The second kappa shape index (κ2) is 14.2. The molecule has 4 unspecified atom stereocenters. The number of hydrogen-bond acceptors (Lipinski definition) is 7. The van der Waals surface area contributed by atoms with Gasteiger partial charge in [-0.15, -0.1) is 11.8 Å². The monoisotopic (exact) mass is 524 g/mol. The van der Waals surface area contributed by atoms with E-state index in [2.05, 4.69) is 65.3 Å². The van der Waals surface area contributed by atoms with Gasteiger partial charge in [0.1, 0.15) is 18.4 Å². The van der Waals surface area contributed by atoms with Gasteiger partial charge in [0.2, 0.25) is 0 Å². The Morgan fingerprint density at radius 1 is 1.25 bits per heavy atom. The lowest BCUT2D eigenvalue weighted by Crippen LogP contribution is -2.42. The summed E-state index contributed by atoms with van der Waals surface area (Å²) in [6.45, 7) is 20.1. The van der Waals surface area contributed by atoms with Crippen molar-refractivity contribution in [1.82, 2.24) is 10.2 Å². The highest BCUT2D eigenvalue weighted by molar-refractivity contribution is 8.00. The summed E-state index contributed by atoms with van der Waals surface area (Å²) in [7, 11) is 0. The average Bonchev–Trinajstić information content (AvgIpc) is 3.45. The maximum Gasteiger partial charge on any atom is 0.329 e. The Balaban J connectivity index is 1.92. The van der Waals surface area contributed by atoms with Crippen LogP contribution in [0.15, 0.2) is 12.3 Å². The molecule has 0 radical (unpaired) electrons. The van der Waals surface area contributed by atoms with E-state index in [4.69, 9.17) is 4.74 Å². The maximum absolute atomic E-state index is 13.3. The van der Waals surface area contributed by atoms with Crippen LogP contribution < -0.4 is 5.32 Å². The molecule has 0 saturated carbocycles. The first kappa shape index (κ1) is 31.2. The molecule has 6 nitrogen and oxygen atoms in total. The van der Waals surface area contributed by atoms with E-state index in [0.717, 1.165) is 56.4 Å². The lowest BCUT2D eigenvalue weighted by atomic mass is 9.81. The van der Waals surface area contributed by atoms with Crippen molar-refractivity contribution in [2.75, 3.05) is 12.3 Å². The van der Waals surface area contributed by atoms with Gasteiger partial charge in [-0.05, 0) is 55.8 Å². The third-order valence-corrected chi connectivity index (χ3v) is 9.17. The lowest BCUT2D eigenvalue weighted by molar-refractivity contribution is -0.161. The molecule has 0 aliphatic carbocycles. The SMILES string of the molecule is C=C(CC(C)C)N1CCC[C@H]1C(=O)OC(C[C@@H](C)CC(O)C(C)C1N[C@H](CCC=O)CS1)C(C)(C)C. The number of aldehydes is 1. The molecule has 0 amide bonds. The number of rotatable bonds is 14. The van der Waals surface area contributed by atoms with Crippen LogP contribution in [0.3, 0.4) is 0 Å². The van der Waals surface area contributed by atoms with Crippen molar-refractivity contribution in [2.45, 2.75) is 123 Å². The lowest BCUT2D eigenvalue weighted by Gasteiger charge is -2.36. The summed E-state index contributed by atoms with van der Waals surface area (Å²) in [5, 5.41) is 14.8. The fraction of sp³-hybridized carbons (Fsp3) is 0.862. The molecule has 2 N–H and O–H groups in total. The van der Waals surface area contributed by atoms with Crippen LogP contribution >= 0.6 is 11.8 Å². The quantitative estimate of drug-likeness (QED) is 0.233. The van der Waals surface area contributed by atoms with E-state index >= 15 is 0 Å². The number of carbonyl (C=O) groups excluding carboxylic acids is 2. The molecule has 208 valence electrons. The molecule has 2 heterocycles. The van der Waals surface area contributed by atoms with Crippen LogP contribution in [0.1, 0.15) is 93.4 Å². The van der Waals surface area contributed by atoms with Gasteiger partial charge in [0.25, 0.3) is 0 Å². The Morgan fingerprint density at radius 3 is 2.56 bits per heavy atom. The molecule has 0 aromatic carbocycles. The minimum atomic E-state index is -0.434. The van der Waals surface area contributed by atoms with E-state index in [1.54, 1.807) is 0 Å². The number of nitrogens with one attached hydrogen (secondary N) is 1. The second-order valence-electron chi connectivity index (χ2n) is 12.7. The summed E-state index contributed by atoms with van der Waals surface area (Å²) in [5.41, 5.74) is 0.849. The summed E-state index contributed by atoms with van der Waals surface area (Å²) in [6.07, 6.45) is 5.86. The third-order valence-electron chi connectivity index (χ3n) is 7.65. The van der Waals surface area contributed by atoms with Gasteiger partial charge in [-0.3, -0.25) is 0 Å². The Morgan fingerprint density at radius 2 is 1.94 bits per heavy atom. The molecule has 2 fully saturated rings. The summed E-state index contributed by atoms with van der Waals surface area (Å²) >= 11 is 1.84. The smallest absolute Gasteiger partial charge is 0.329 e. The van der Waals surface area contributed by atoms with E-state index in [-0.39, 0.29) is 40.7 Å². The van der Waals surface area contributed by atoms with Gasteiger partial charge >= 0.3 is 5.97 Å². The number of esters is 1. The predicted molar refractivity (Wildman–Crippen MR) is 150 cm³/mol. The van der Waals surface area contributed by atoms with Gasteiger partial charge in [0, 0.05) is 36.4 Å². The second-order valence-corrected chi connectivity index (χ2v) is 13.8. The first-order valence-electron chi connectivity index (χ1n) is 14.0. The molecule has 2 aliphatic heterocycles. The molecule has 0 spiro atoms. The largest absolute Gasteiger partial charge is 0.460 e. The normalized spacial score (nSPS) is 26.0. The fourth-order valence-electron chi connectivity index (χ4n) is 5.35. The average molecular weight is 525 g/mol. The number of nitrogens with zero attached hydrogens (tertiary/aromatic N) is 1. The molecule has 0 bridgehead atoms. The van der Waals surface area contributed by atoms with Crippen LogP contribution in [0.2, 0.25) is 0 Å². The van der Waals surface area contributed by atoms with Crippen molar-refractivity contribution in [3.8, 4) is 0 Å². The highest BCUT2D eigenvalue weighted by atomic mass is 32.2. The van der Waals surface area contributed by atoms with Gasteiger partial charge in [-0.2, -0.15) is 0 Å². The molecule has 36 heavy (non-hydrogen) atoms. The van der Waals surface area contributed by atoms with Crippen molar-refractivity contribution in [3.05, 3.63) is 12.3 Å². The number of aliphatic hydroxyl groups excluding tert-OH is 1. The number of carbonyl (C=O) groups is 2. The standard InChI is InChI=1S/C29H52N2O4S/c1-19(2)15-21(4)31-13-9-12-24(31)28(34)35-26(29(6,7)8)17-20(3)16-25(33)22(5)27-30-23(18-36-27)11-10-14-32/h14,19-20,22-27,30,33H,4,9-13,15-18H2,1-3,5-8H3/t20-,22?,23+,24-,25?,26?,27?/m0/s1. The zero-order chi connectivity index (χ0) is 27.0. The third kappa shape index (κ3) is 9.36. The number of likely N-dealkylation sites (tertiary alicyclic amines) is 1. The van der Waals surface area contributed by atoms with Gasteiger partial charge in [0.05, 0.1) is 11.5 Å². The van der Waals surface area contributed by atoms with Crippen molar-refractivity contribution >= 4 is 24.0 Å². The molecule has 2 rings (SSSR count). The Kier molecular flexibility index (Phi) is 12.3. The number of allylic oxidation sites excluding steroid dienone is 1. The molecular formula is C29H52N2O4S. The molecule has 0 aromatic heterocycles. The van der Waals surface area contributed by atoms with E-state index in [0.29, 0.717) is 24.8 Å².